The van der Waals surface area contributed by atoms with E-state index in [1.807, 2.05) is 10.9 Å². The normalized spacial score (nSPS) is 21.6. The van der Waals surface area contributed by atoms with Gasteiger partial charge in [0.15, 0.2) is 0 Å². The third-order valence-electron chi connectivity index (χ3n) is 5.28. The number of ether oxygens (including phenoxy) is 1. The smallest absolute Gasteiger partial charge is 0.123 e. The zero-order valence-electron chi connectivity index (χ0n) is 14.0. The summed E-state index contributed by atoms with van der Waals surface area (Å²) in [5.74, 6) is 0.383. The van der Waals surface area contributed by atoms with Crippen LogP contribution in [0.25, 0.3) is 5.69 Å². The van der Waals surface area contributed by atoms with E-state index < -0.39 is 0 Å². The molecule has 5 heteroatoms. The van der Waals surface area contributed by atoms with Crippen molar-refractivity contribution in [2.45, 2.75) is 31.6 Å². The molecule has 0 amide bonds. The lowest BCUT2D eigenvalue weighted by atomic mass is 9.84. The Morgan fingerprint density at radius 3 is 2.75 bits per heavy atom. The Morgan fingerprint density at radius 1 is 1.17 bits per heavy atom. The van der Waals surface area contributed by atoms with E-state index in [0.717, 1.165) is 45.0 Å². The summed E-state index contributed by atoms with van der Waals surface area (Å²) in [6.07, 6.45) is 6.71. The van der Waals surface area contributed by atoms with E-state index in [1.165, 1.54) is 42.7 Å². The van der Waals surface area contributed by atoms with Gasteiger partial charge in [-0.3, -0.25) is 4.90 Å². The Hall–Kier alpha value is -1.72. The molecule has 1 atom stereocenters. The average molecular weight is 329 g/mol. The third-order valence-corrected chi connectivity index (χ3v) is 5.28. The lowest BCUT2D eigenvalue weighted by Gasteiger charge is -2.29. The molecule has 2 heterocycles. The van der Waals surface area contributed by atoms with Gasteiger partial charge in [-0.2, -0.15) is 5.10 Å². The van der Waals surface area contributed by atoms with Crippen molar-refractivity contribution in [2.24, 2.45) is 0 Å². The number of fused-ring (bicyclic) bond motifs is 1. The van der Waals surface area contributed by atoms with Crippen LogP contribution < -0.4 is 0 Å². The fraction of sp³-hybridized carbons (Fsp3) is 0.526. The molecule has 1 aromatic heterocycles. The molecule has 1 aliphatic heterocycles. The largest absolute Gasteiger partial charge is 0.379 e. The monoisotopic (exact) mass is 329 g/mol. The van der Waals surface area contributed by atoms with Crippen LogP contribution in [0.5, 0.6) is 0 Å². The summed E-state index contributed by atoms with van der Waals surface area (Å²) in [4.78, 5) is 2.50. The van der Waals surface area contributed by atoms with Crippen LogP contribution in [0, 0.1) is 5.82 Å². The Bertz CT molecular complexity index is 676. The van der Waals surface area contributed by atoms with Gasteiger partial charge >= 0.3 is 0 Å². The minimum Gasteiger partial charge on any atom is -0.379 e. The predicted octanol–water partition coefficient (Wildman–Crippen LogP) is 3.15. The number of halogens is 1. The van der Waals surface area contributed by atoms with Crippen molar-refractivity contribution in [1.82, 2.24) is 14.7 Å². The highest BCUT2D eigenvalue weighted by Crippen LogP contribution is 2.35. The highest BCUT2D eigenvalue weighted by atomic mass is 19.1. The topological polar surface area (TPSA) is 30.3 Å². The van der Waals surface area contributed by atoms with Crippen molar-refractivity contribution >= 4 is 0 Å². The lowest BCUT2D eigenvalue weighted by molar-refractivity contribution is 0.0363. The Kier molecular flexibility index (Phi) is 4.63. The second-order valence-electron chi connectivity index (χ2n) is 6.77. The molecule has 0 saturated carbocycles. The van der Waals surface area contributed by atoms with Gasteiger partial charge in [-0.15, -0.1) is 0 Å². The number of hydrogen-bond donors (Lipinski definition) is 0. The number of hydrogen-bond acceptors (Lipinski definition) is 3. The molecule has 0 bridgehead atoms. The molecular weight excluding hydrogens is 305 g/mol. The van der Waals surface area contributed by atoms with E-state index in [9.17, 15) is 4.39 Å². The number of benzene rings is 1. The first-order valence-corrected chi connectivity index (χ1v) is 8.94. The van der Waals surface area contributed by atoms with Gasteiger partial charge in [0.25, 0.3) is 0 Å². The highest BCUT2D eigenvalue weighted by Gasteiger charge is 2.25. The number of nitrogens with zero attached hydrogens (tertiary/aromatic N) is 3. The first-order valence-electron chi connectivity index (χ1n) is 8.94. The Labute approximate surface area is 142 Å². The summed E-state index contributed by atoms with van der Waals surface area (Å²) in [7, 11) is 0. The van der Waals surface area contributed by atoms with Crippen LogP contribution in [0.2, 0.25) is 0 Å². The van der Waals surface area contributed by atoms with E-state index in [2.05, 4.69) is 10.00 Å². The summed E-state index contributed by atoms with van der Waals surface area (Å²) < 4.78 is 20.6. The molecule has 4 rings (SSSR count). The second-order valence-corrected chi connectivity index (χ2v) is 6.77. The SMILES string of the molecule is Fc1ccc(-n2ncc3c2CCCC3CCN2CCOCC2)cc1. The lowest BCUT2D eigenvalue weighted by Crippen LogP contribution is -2.37. The predicted molar refractivity (Wildman–Crippen MR) is 91.1 cm³/mol. The van der Waals surface area contributed by atoms with Crippen molar-refractivity contribution in [3.05, 3.63) is 47.5 Å². The van der Waals surface area contributed by atoms with Crippen LogP contribution in [-0.2, 0) is 11.2 Å². The maximum absolute atomic E-state index is 13.2. The van der Waals surface area contributed by atoms with Crippen LogP contribution in [0.3, 0.4) is 0 Å². The van der Waals surface area contributed by atoms with E-state index in [4.69, 9.17) is 4.74 Å². The molecule has 2 aliphatic rings. The quantitative estimate of drug-likeness (QED) is 0.863. The van der Waals surface area contributed by atoms with Gasteiger partial charge in [0.2, 0.25) is 0 Å². The van der Waals surface area contributed by atoms with E-state index >= 15 is 0 Å². The van der Waals surface area contributed by atoms with Crippen molar-refractivity contribution in [1.29, 1.82) is 0 Å². The number of morpholine rings is 1. The molecule has 1 fully saturated rings. The molecule has 4 nitrogen and oxygen atoms in total. The molecule has 0 spiro atoms. The van der Waals surface area contributed by atoms with Gasteiger partial charge < -0.3 is 4.74 Å². The van der Waals surface area contributed by atoms with E-state index in [1.54, 1.807) is 12.1 Å². The van der Waals surface area contributed by atoms with Gasteiger partial charge in [-0.05, 0) is 68.0 Å². The van der Waals surface area contributed by atoms with Gasteiger partial charge in [-0.25, -0.2) is 9.07 Å². The van der Waals surface area contributed by atoms with Crippen LogP contribution >= 0.6 is 0 Å². The zero-order valence-corrected chi connectivity index (χ0v) is 14.0. The molecular formula is C19H24FN3O. The van der Waals surface area contributed by atoms with Crippen LogP contribution in [-0.4, -0.2) is 47.5 Å². The molecule has 24 heavy (non-hydrogen) atoms. The van der Waals surface area contributed by atoms with Crippen molar-refractivity contribution in [2.75, 3.05) is 32.8 Å². The van der Waals surface area contributed by atoms with Gasteiger partial charge in [0.05, 0.1) is 25.1 Å². The highest BCUT2D eigenvalue weighted by molar-refractivity contribution is 5.37. The molecule has 2 aromatic rings. The molecule has 1 saturated heterocycles. The molecule has 1 aromatic carbocycles. The Morgan fingerprint density at radius 2 is 1.96 bits per heavy atom. The standard InChI is InChI=1S/C19H24FN3O/c20-16-4-6-17(7-5-16)23-19-3-1-2-15(18(19)14-21-23)8-9-22-10-12-24-13-11-22/h4-7,14-15H,1-3,8-13H2. The maximum atomic E-state index is 13.2. The average Bonchev–Trinajstić information content (AvgIpc) is 3.06. The summed E-state index contributed by atoms with van der Waals surface area (Å²) in [5.41, 5.74) is 3.64. The van der Waals surface area contributed by atoms with Gasteiger partial charge in [0, 0.05) is 18.8 Å². The fourth-order valence-corrected chi connectivity index (χ4v) is 3.92. The Balaban J connectivity index is 1.50. The molecule has 0 N–H and O–H groups in total. The third kappa shape index (κ3) is 3.23. The first kappa shape index (κ1) is 15.8. The summed E-state index contributed by atoms with van der Waals surface area (Å²) in [5, 5.41) is 4.60. The van der Waals surface area contributed by atoms with E-state index in [0.29, 0.717) is 5.92 Å². The van der Waals surface area contributed by atoms with Gasteiger partial charge in [0.1, 0.15) is 5.82 Å². The van der Waals surface area contributed by atoms with Crippen LogP contribution in [0.1, 0.15) is 36.4 Å². The fourth-order valence-electron chi connectivity index (χ4n) is 3.92. The molecule has 0 radical (unpaired) electrons. The summed E-state index contributed by atoms with van der Waals surface area (Å²) >= 11 is 0. The first-order chi connectivity index (χ1) is 11.8. The maximum Gasteiger partial charge on any atom is 0.123 e. The van der Waals surface area contributed by atoms with Crippen molar-refractivity contribution in [3.8, 4) is 5.69 Å². The second kappa shape index (κ2) is 7.03. The zero-order chi connectivity index (χ0) is 16.4. The van der Waals surface area contributed by atoms with Gasteiger partial charge in [-0.1, -0.05) is 0 Å². The van der Waals surface area contributed by atoms with Crippen LogP contribution in [0.4, 0.5) is 4.39 Å². The molecule has 1 unspecified atom stereocenters. The molecule has 128 valence electrons. The van der Waals surface area contributed by atoms with Crippen molar-refractivity contribution < 1.29 is 9.13 Å². The minimum atomic E-state index is -0.205. The van der Waals surface area contributed by atoms with Crippen molar-refractivity contribution in [3.63, 3.8) is 0 Å². The van der Waals surface area contributed by atoms with E-state index in [-0.39, 0.29) is 5.82 Å². The molecule has 1 aliphatic carbocycles. The van der Waals surface area contributed by atoms with Crippen LogP contribution in [0.15, 0.2) is 30.5 Å². The summed E-state index contributed by atoms with van der Waals surface area (Å²) in [6.45, 7) is 4.95. The number of rotatable bonds is 4. The minimum absolute atomic E-state index is 0.205. The number of aromatic nitrogens is 2. The summed E-state index contributed by atoms with van der Waals surface area (Å²) in [6, 6.07) is 6.62.